The van der Waals surface area contributed by atoms with Gasteiger partial charge in [-0.1, -0.05) is 22.0 Å². The zero-order valence-corrected chi connectivity index (χ0v) is 11.0. The average Bonchev–Trinajstić information content (AvgIpc) is 2.25. The Morgan fingerprint density at radius 2 is 2.25 bits per heavy atom. The highest BCUT2D eigenvalue weighted by molar-refractivity contribution is 9.10. The lowest BCUT2D eigenvalue weighted by molar-refractivity contribution is 0.198. The molecule has 4 heteroatoms. The third-order valence-electron chi connectivity index (χ3n) is 2.43. The molecule has 0 aliphatic rings. The molecule has 1 rings (SSSR count). The maximum Gasteiger partial charge on any atom is 0.0772 e. The quantitative estimate of drug-likeness (QED) is 0.924. The Morgan fingerprint density at radius 3 is 2.75 bits per heavy atom. The van der Waals surface area contributed by atoms with Gasteiger partial charge in [0.25, 0.3) is 0 Å². The minimum Gasteiger partial charge on any atom is -0.389 e. The second kappa shape index (κ2) is 5.88. The van der Waals surface area contributed by atoms with Gasteiger partial charge in [0, 0.05) is 23.8 Å². The van der Waals surface area contributed by atoms with E-state index in [0.717, 1.165) is 15.7 Å². The van der Waals surface area contributed by atoms with E-state index < -0.39 is 6.10 Å². The third-order valence-corrected chi connectivity index (χ3v) is 3.12. The predicted molar refractivity (Wildman–Crippen MR) is 68.3 cm³/mol. The number of anilines is 1. The molecule has 0 aliphatic heterocycles. The van der Waals surface area contributed by atoms with E-state index in [9.17, 15) is 5.11 Å². The second-order valence-electron chi connectivity index (χ2n) is 3.71. The van der Waals surface area contributed by atoms with Crippen LogP contribution in [0.15, 0.2) is 22.7 Å². The van der Waals surface area contributed by atoms with Gasteiger partial charge >= 0.3 is 0 Å². The molecule has 0 heterocycles. The number of nitrogens with zero attached hydrogens (tertiary/aromatic N) is 2. The van der Waals surface area contributed by atoms with Gasteiger partial charge in [0.2, 0.25) is 0 Å². The first kappa shape index (κ1) is 13.0. The van der Waals surface area contributed by atoms with Crippen molar-refractivity contribution in [2.24, 2.45) is 0 Å². The number of benzene rings is 1. The summed E-state index contributed by atoms with van der Waals surface area (Å²) in [5.74, 6) is 0. The van der Waals surface area contributed by atoms with Gasteiger partial charge in [-0.25, -0.2) is 0 Å². The zero-order valence-electron chi connectivity index (χ0n) is 9.44. The van der Waals surface area contributed by atoms with Crippen molar-refractivity contribution >= 4 is 21.6 Å². The van der Waals surface area contributed by atoms with Crippen LogP contribution >= 0.6 is 15.9 Å². The molecule has 0 saturated heterocycles. The lowest BCUT2D eigenvalue weighted by Gasteiger charge is -2.19. The van der Waals surface area contributed by atoms with Crippen LogP contribution in [0, 0.1) is 11.3 Å². The lowest BCUT2D eigenvalue weighted by Crippen LogP contribution is -2.18. The van der Waals surface area contributed by atoms with E-state index in [-0.39, 0.29) is 0 Å². The predicted octanol–water partition coefficient (Wildman–Crippen LogP) is 2.85. The molecule has 0 aliphatic carbocycles. The van der Waals surface area contributed by atoms with Crippen LogP contribution in [0.2, 0.25) is 0 Å². The Morgan fingerprint density at radius 1 is 1.56 bits per heavy atom. The number of nitriles is 1. The molecule has 0 saturated carbocycles. The Labute approximate surface area is 104 Å². The lowest BCUT2D eigenvalue weighted by atomic mass is 10.1. The Balaban J connectivity index is 2.85. The van der Waals surface area contributed by atoms with Crippen LogP contribution in [0.5, 0.6) is 0 Å². The molecule has 0 aromatic heterocycles. The van der Waals surface area contributed by atoms with Gasteiger partial charge in [0.15, 0.2) is 0 Å². The Bertz CT molecular complexity index is 398. The molecule has 0 amide bonds. The first-order chi connectivity index (χ1) is 7.56. The van der Waals surface area contributed by atoms with Crippen molar-refractivity contribution in [1.29, 1.82) is 5.26 Å². The van der Waals surface area contributed by atoms with Crippen LogP contribution in [0.25, 0.3) is 0 Å². The maximum atomic E-state index is 9.49. The van der Waals surface area contributed by atoms with Gasteiger partial charge < -0.3 is 10.0 Å². The highest BCUT2D eigenvalue weighted by atomic mass is 79.9. The summed E-state index contributed by atoms with van der Waals surface area (Å²) < 4.78 is 0.892. The van der Waals surface area contributed by atoms with Gasteiger partial charge in [0.05, 0.1) is 18.6 Å². The van der Waals surface area contributed by atoms with Crippen molar-refractivity contribution in [3.8, 4) is 6.07 Å². The van der Waals surface area contributed by atoms with E-state index in [1.807, 2.05) is 30.1 Å². The minimum absolute atomic E-state index is 0.479. The number of aliphatic hydroxyl groups excluding tert-OH is 1. The fourth-order valence-corrected chi connectivity index (χ4v) is 2.14. The molecule has 0 radical (unpaired) electrons. The summed E-state index contributed by atoms with van der Waals surface area (Å²) >= 11 is 3.43. The molecule has 1 atom stereocenters. The topological polar surface area (TPSA) is 47.3 Å². The molecule has 0 fully saturated rings. The van der Waals surface area contributed by atoms with Gasteiger partial charge in [0.1, 0.15) is 0 Å². The average molecular weight is 283 g/mol. The van der Waals surface area contributed by atoms with Crippen molar-refractivity contribution in [2.75, 3.05) is 18.5 Å². The molecule has 0 spiro atoms. The molecule has 1 N–H and O–H groups in total. The van der Waals surface area contributed by atoms with Crippen LogP contribution < -0.4 is 4.90 Å². The fraction of sp³-hybridized carbons (Fsp3) is 0.417. The highest BCUT2D eigenvalue weighted by Gasteiger charge is 2.08. The monoisotopic (exact) mass is 282 g/mol. The van der Waals surface area contributed by atoms with Crippen LogP contribution in [-0.2, 0) is 0 Å². The van der Waals surface area contributed by atoms with Gasteiger partial charge in [-0.15, -0.1) is 0 Å². The second-order valence-corrected chi connectivity index (χ2v) is 4.57. The van der Waals surface area contributed by atoms with Crippen LogP contribution in [0.1, 0.15) is 25.0 Å². The van der Waals surface area contributed by atoms with Crippen molar-refractivity contribution in [2.45, 2.75) is 19.4 Å². The highest BCUT2D eigenvalue weighted by Crippen LogP contribution is 2.27. The van der Waals surface area contributed by atoms with E-state index >= 15 is 0 Å². The number of halogens is 1. The largest absolute Gasteiger partial charge is 0.389 e. The number of hydrogen-bond acceptors (Lipinski definition) is 3. The number of rotatable bonds is 4. The van der Waals surface area contributed by atoms with Crippen LogP contribution in [0.4, 0.5) is 5.69 Å². The summed E-state index contributed by atoms with van der Waals surface area (Å²) in [6, 6.07) is 7.92. The molecule has 16 heavy (non-hydrogen) atoms. The first-order valence-corrected chi connectivity index (χ1v) is 5.91. The molecular weight excluding hydrogens is 268 g/mol. The van der Waals surface area contributed by atoms with Crippen molar-refractivity contribution in [3.63, 3.8) is 0 Å². The summed E-state index contributed by atoms with van der Waals surface area (Å²) in [5, 5.41) is 18.0. The summed E-state index contributed by atoms with van der Waals surface area (Å²) in [4.78, 5) is 2.01. The smallest absolute Gasteiger partial charge is 0.0772 e. The zero-order chi connectivity index (χ0) is 12.1. The van der Waals surface area contributed by atoms with Crippen LogP contribution in [0.3, 0.4) is 0 Å². The van der Waals surface area contributed by atoms with Gasteiger partial charge in [-0.05, 0) is 24.6 Å². The third kappa shape index (κ3) is 3.22. The first-order valence-electron chi connectivity index (χ1n) is 5.12. The molecule has 1 aromatic carbocycles. The van der Waals surface area contributed by atoms with E-state index in [1.165, 1.54) is 0 Å². The molecular formula is C12H15BrN2O. The molecule has 1 unspecified atom stereocenters. The van der Waals surface area contributed by atoms with Gasteiger partial charge in [-0.3, -0.25) is 0 Å². The standard InChI is InChI=1S/C12H15BrN2O/c1-9(16)11-5-4-10(8-12(11)13)15(2)7-3-6-14/h4-5,8-9,16H,3,7H2,1-2H3. The molecule has 86 valence electrons. The normalized spacial score (nSPS) is 11.9. The summed E-state index contributed by atoms with van der Waals surface area (Å²) in [5.41, 5.74) is 1.91. The fourth-order valence-electron chi connectivity index (χ4n) is 1.44. The number of hydrogen-bond donors (Lipinski definition) is 1. The maximum absolute atomic E-state index is 9.49. The van der Waals surface area contributed by atoms with E-state index in [4.69, 9.17) is 5.26 Å². The minimum atomic E-state index is -0.479. The van der Waals surface area contributed by atoms with Gasteiger partial charge in [-0.2, -0.15) is 5.26 Å². The van der Waals surface area contributed by atoms with E-state index in [2.05, 4.69) is 22.0 Å². The molecule has 1 aromatic rings. The summed E-state index contributed by atoms with van der Waals surface area (Å²) in [7, 11) is 1.95. The summed E-state index contributed by atoms with van der Waals surface area (Å²) in [6.07, 6.45) is 0.0274. The van der Waals surface area contributed by atoms with Crippen molar-refractivity contribution < 1.29 is 5.11 Å². The molecule has 3 nitrogen and oxygen atoms in total. The van der Waals surface area contributed by atoms with Crippen molar-refractivity contribution in [1.82, 2.24) is 0 Å². The van der Waals surface area contributed by atoms with Crippen molar-refractivity contribution in [3.05, 3.63) is 28.2 Å². The Kier molecular flexibility index (Phi) is 4.78. The summed E-state index contributed by atoms with van der Waals surface area (Å²) in [6.45, 7) is 2.44. The van der Waals surface area contributed by atoms with E-state index in [1.54, 1.807) is 6.92 Å². The van der Waals surface area contributed by atoms with Crippen LogP contribution in [-0.4, -0.2) is 18.7 Å². The SMILES string of the molecule is CC(O)c1ccc(N(C)CCC#N)cc1Br. The molecule has 0 bridgehead atoms. The van der Waals surface area contributed by atoms with E-state index in [0.29, 0.717) is 13.0 Å². The number of aliphatic hydroxyl groups is 1. The Hall–Kier alpha value is -1.05.